The van der Waals surface area contributed by atoms with Crippen molar-refractivity contribution in [2.24, 2.45) is 0 Å². The predicted octanol–water partition coefficient (Wildman–Crippen LogP) is 2.94. The molecular weight excluding hydrogens is 230 g/mol. The smallest absolute Gasteiger partial charge is 0.337 e. The molecule has 1 heterocycles. The van der Waals surface area contributed by atoms with Gasteiger partial charge in [-0.3, -0.25) is 0 Å². The van der Waals surface area contributed by atoms with Gasteiger partial charge in [-0.25, -0.2) is 4.79 Å². The average Bonchev–Trinajstić information content (AvgIpc) is 2.84. The molecular formula is C14H15NO3. The largest absolute Gasteiger partial charge is 0.478 e. The van der Waals surface area contributed by atoms with Crippen LogP contribution >= 0.6 is 0 Å². The fourth-order valence-corrected chi connectivity index (χ4v) is 1.85. The summed E-state index contributed by atoms with van der Waals surface area (Å²) in [7, 11) is 0. The van der Waals surface area contributed by atoms with Crippen LogP contribution in [0.5, 0.6) is 0 Å². The Kier molecular flexibility index (Phi) is 3.67. The molecule has 0 aliphatic heterocycles. The second-order valence-corrected chi connectivity index (χ2v) is 4.06. The summed E-state index contributed by atoms with van der Waals surface area (Å²) in [5.74, 6) is -0.0350. The molecule has 18 heavy (non-hydrogen) atoms. The van der Waals surface area contributed by atoms with Crippen LogP contribution in [0.4, 0.5) is 5.69 Å². The van der Waals surface area contributed by atoms with E-state index in [2.05, 4.69) is 5.32 Å². The number of anilines is 1. The molecule has 94 valence electrons. The number of benzene rings is 1. The van der Waals surface area contributed by atoms with E-state index in [0.717, 1.165) is 17.7 Å². The number of carboxylic acids is 1. The SMILES string of the molecule is Cc1cccc(C(=O)O)c1NCCc1ccco1. The third-order valence-electron chi connectivity index (χ3n) is 2.76. The number of para-hydroxylation sites is 1. The van der Waals surface area contributed by atoms with Crippen LogP contribution in [0.3, 0.4) is 0 Å². The fraction of sp³-hybridized carbons (Fsp3) is 0.214. The number of carbonyl (C=O) groups is 1. The Bertz CT molecular complexity index is 532. The highest BCUT2D eigenvalue weighted by atomic mass is 16.4. The second-order valence-electron chi connectivity index (χ2n) is 4.06. The highest BCUT2D eigenvalue weighted by Crippen LogP contribution is 2.20. The number of nitrogens with one attached hydrogen (secondary N) is 1. The van der Waals surface area contributed by atoms with Gasteiger partial charge in [-0.05, 0) is 30.7 Å². The van der Waals surface area contributed by atoms with Crippen molar-refractivity contribution in [2.75, 3.05) is 11.9 Å². The first kappa shape index (κ1) is 12.2. The molecule has 0 saturated carbocycles. The zero-order chi connectivity index (χ0) is 13.0. The van der Waals surface area contributed by atoms with Gasteiger partial charge in [-0.2, -0.15) is 0 Å². The summed E-state index contributed by atoms with van der Waals surface area (Å²) in [4.78, 5) is 11.1. The molecule has 0 unspecified atom stereocenters. The number of carboxylic acid groups (broad SMARTS) is 1. The molecule has 0 aliphatic rings. The lowest BCUT2D eigenvalue weighted by Crippen LogP contribution is -2.10. The van der Waals surface area contributed by atoms with Gasteiger partial charge in [0.2, 0.25) is 0 Å². The van der Waals surface area contributed by atoms with Crippen LogP contribution in [0.15, 0.2) is 41.0 Å². The highest BCUT2D eigenvalue weighted by molar-refractivity contribution is 5.95. The molecule has 0 spiro atoms. The van der Waals surface area contributed by atoms with Crippen molar-refractivity contribution >= 4 is 11.7 Å². The molecule has 2 aromatic rings. The fourth-order valence-electron chi connectivity index (χ4n) is 1.85. The normalized spacial score (nSPS) is 10.3. The molecule has 2 N–H and O–H groups in total. The van der Waals surface area contributed by atoms with Crippen molar-refractivity contribution in [1.29, 1.82) is 0 Å². The summed E-state index contributed by atoms with van der Waals surface area (Å²) in [6.45, 7) is 2.53. The summed E-state index contributed by atoms with van der Waals surface area (Å²) in [5.41, 5.74) is 1.90. The van der Waals surface area contributed by atoms with E-state index in [9.17, 15) is 4.79 Å². The Morgan fingerprint density at radius 3 is 2.83 bits per heavy atom. The minimum atomic E-state index is -0.917. The summed E-state index contributed by atoms with van der Waals surface area (Å²) in [6.07, 6.45) is 2.35. The number of hydrogen-bond donors (Lipinski definition) is 2. The van der Waals surface area contributed by atoms with Gasteiger partial charge >= 0.3 is 5.97 Å². The molecule has 2 rings (SSSR count). The highest BCUT2D eigenvalue weighted by Gasteiger charge is 2.11. The van der Waals surface area contributed by atoms with Crippen molar-refractivity contribution in [3.05, 3.63) is 53.5 Å². The summed E-state index contributed by atoms with van der Waals surface area (Å²) >= 11 is 0. The maximum atomic E-state index is 11.1. The van der Waals surface area contributed by atoms with Gasteiger partial charge in [-0.15, -0.1) is 0 Å². The van der Waals surface area contributed by atoms with Gasteiger partial charge in [0, 0.05) is 13.0 Å². The molecule has 0 saturated heterocycles. The molecule has 0 amide bonds. The molecule has 0 radical (unpaired) electrons. The van der Waals surface area contributed by atoms with E-state index in [0.29, 0.717) is 17.8 Å². The van der Waals surface area contributed by atoms with E-state index in [4.69, 9.17) is 9.52 Å². The van der Waals surface area contributed by atoms with Gasteiger partial charge in [0.15, 0.2) is 0 Å². The van der Waals surface area contributed by atoms with E-state index < -0.39 is 5.97 Å². The van der Waals surface area contributed by atoms with E-state index in [1.807, 2.05) is 25.1 Å². The standard InChI is InChI=1S/C14H15NO3/c1-10-4-2-6-12(14(16)17)13(10)15-8-7-11-5-3-9-18-11/h2-6,9,15H,7-8H2,1H3,(H,16,17). The zero-order valence-corrected chi connectivity index (χ0v) is 10.1. The van der Waals surface area contributed by atoms with E-state index in [1.54, 1.807) is 18.4 Å². The van der Waals surface area contributed by atoms with Crippen molar-refractivity contribution in [3.8, 4) is 0 Å². The van der Waals surface area contributed by atoms with Gasteiger partial charge in [-0.1, -0.05) is 12.1 Å². The average molecular weight is 245 g/mol. The topological polar surface area (TPSA) is 62.5 Å². The molecule has 0 bridgehead atoms. The van der Waals surface area contributed by atoms with E-state index >= 15 is 0 Å². The van der Waals surface area contributed by atoms with Crippen LogP contribution in [0.2, 0.25) is 0 Å². The Hall–Kier alpha value is -2.23. The van der Waals surface area contributed by atoms with Crippen molar-refractivity contribution < 1.29 is 14.3 Å². The molecule has 0 fully saturated rings. The Morgan fingerprint density at radius 1 is 1.33 bits per heavy atom. The zero-order valence-electron chi connectivity index (χ0n) is 10.1. The first-order valence-electron chi connectivity index (χ1n) is 5.77. The van der Waals surface area contributed by atoms with Crippen LogP contribution in [-0.4, -0.2) is 17.6 Å². The molecule has 4 nitrogen and oxygen atoms in total. The third-order valence-corrected chi connectivity index (χ3v) is 2.76. The van der Waals surface area contributed by atoms with Crippen LogP contribution < -0.4 is 5.32 Å². The minimum Gasteiger partial charge on any atom is -0.478 e. The van der Waals surface area contributed by atoms with E-state index in [1.165, 1.54) is 0 Å². The van der Waals surface area contributed by atoms with Gasteiger partial charge in [0.25, 0.3) is 0 Å². The first-order chi connectivity index (χ1) is 8.68. The van der Waals surface area contributed by atoms with Crippen molar-refractivity contribution in [2.45, 2.75) is 13.3 Å². The van der Waals surface area contributed by atoms with Crippen LogP contribution in [0, 0.1) is 6.92 Å². The van der Waals surface area contributed by atoms with Gasteiger partial charge in [0.1, 0.15) is 5.76 Å². The Morgan fingerprint density at radius 2 is 2.17 bits per heavy atom. The minimum absolute atomic E-state index is 0.300. The summed E-state index contributed by atoms with van der Waals surface area (Å²) in [6, 6.07) is 8.98. The quantitative estimate of drug-likeness (QED) is 0.850. The summed E-state index contributed by atoms with van der Waals surface area (Å²) < 4.78 is 5.22. The molecule has 4 heteroatoms. The number of aromatic carboxylic acids is 1. The van der Waals surface area contributed by atoms with Gasteiger partial charge in [0.05, 0.1) is 17.5 Å². The van der Waals surface area contributed by atoms with Crippen LogP contribution in [-0.2, 0) is 6.42 Å². The number of aryl methyl sites for hydroxylation is 1. The van der Waals surface area contributed by atoms with Crippen molar-refractivity contribution in [1.82, 2.24) is 0 Å². The van der Waals surface area contributed by atoms with E-state index in [-0.39, 0.29) is 0 Å². The lowest BCUT2D eigenvalue weighted by atomic mass is 10.1. The third kappa shape index (κ3) is 2.71. The second kappa shape index (κ2) is 5.40. The van der Waals surface area contributed by atoms with Crippen LogP contribution in [0.1, 0.15) is 21.7 Å². The summed E-state index contributed by atoms with van der Waals surface area (Å²) in [5, 5.41) is 12.3. The monoisotopic (exact) mass is 245 g/mol. The van der Waals surface area contributed by atoms with Crippen LogP contribution in [0.25, 0.3) is 0 Å². The molecule has 0 aliphatic carbocycles. The Labute approximate surface area is 105 Å². The molecule has 0 atom stereocenters. The number of hydrogen-bond acceptors (Lipinski definition) is 3. The van der Waals surface area contributed by atoms with Gasteiger partial charge < -0.3 is 14.8 Å². The van der Waals surface area contributed by atoms with Crippen molar-refractivity contribution in [3.63, 3.8) is 0 Å². The number of rotatable bonds is 5. The maximum absolute atomic E-state index is 11.1. The maximum Gasteiger partial charge on any atom is 0.337 e. The predicted molar refractivity (Wildman–Crippen MR) is 69.0 cm³/mol. The molecule has 1 aromatic heterocycles. The Balaban J connectivity index is 2.06. The lowest BCUT2D eigenvalue weighted by Gasteiger charge is -2.11. The molecule has 1 aromatic carbocycles. The lowest BCUT2D eigenvalue weighted by molar-refractivity contribution is 0.0698. The number of furan rings is 1. The first-order valence-corrected chi connectivity index (χ1v) is 5.77.